The first-order chi connectivity index (χ1) is 12.7. The number of benzene rings is 2. The maximum Gasteiger partial charge on any atom is 0.256 e. The standard InChI is InChI=1S/C20H20N4O2/c1-24(14-15-6-4-3-5-7-15)19-13-12-18(22-23-19)21-20(25)16-8-10-17(26-2)11-9-16/h3-13H,14H2,1-2H3,(H,21,22,25). The fourth-order valence-electron chi connectivity index (χ4n) is 2.46. The highest BCUT2D eigenvalue weighted by Gasteiger charge is 2.09. The first-order valence-electron chi connectivity index (χ1n) is 8.20. The van der Waals surface area contributed by atoms with Crippen molar-refractivity contribution in [1.82, 2.24) is 10.2 Å². The molecule has 0 bridgehead atoms. The molecule has 1 aromatic heterocycles. The second kappa shape index (κ2) is 8.11. The van der Waals surface area contributed by atoms with Gasteiger partial charge in [-0.1, -0.05) is 30.3 Å². The molecule has 26 heavy (non-hydrogen) atoms. The van der Waals surface area contributed by atoms with Crippen LogP contribution in [-0.4, -0.2) is 30.3 Å². The Morgan fingerprint density at radius 1 is 1.00 bits per heavy atom. The molecule has 2 aromatic carbocycles. The summed E-state index contributed by atoms with van der Waals surface area (Å²) in [5, 5.41) is 11.0. The minimum atomic E-state index is -0.243. The molecule has 0 unspecified atom stereocenters. The molecule has 0 saturated heterocycles. The van der Waals surface area contributed by atoms with Crippen LogP contribution in [0.1, 0.15) is 15.9 Å². The van der Waals surface area contributed by atoms with E-state index >= 15 is 0 Å². The molecule has 0 saturated carbocycles. The van der Waals surface area contributed by atoms with Gasteiger partial charge in [-0.2, -0.15) is 0 Å². The second-order valence-electron chi connectivity index (χ2n) is 5.80. The lowest BCUT2D eigenvalue weighted by Crippen LogP contribution is -2.19. The Morgan fingerprint density at radius 2 is 1.73 bits per heavy atom. The zero-order valence-corrected chi connectivity index (χ0v) is 14.7. The summed E-state index contributed by atoms with van der Waals surface area (Å²) in [5.41, 5.74) is 1.71. The minimum absolute atomic E-state index is 0.243. The fraction of sp³-hybridized carbons (Fsp3) is 0.150. The Labute approximate surface area is 152 Å². The summed E-state index contributed by atoms with van der Waals surface area (Å²) in [6.45, 7) is 0.729. The zero-order chi connectivity index (χ0) is 18.4. The third-order valence-electron chi connectivity index (χ3n) is 3.90. The smallest absolute Gasteiger partial charge is 0.256 e. The topological polar surface area (TPSA) is 67.3 Å². The average molecular weight is 348 g/mol. The van der Waals surface area contributed by atoms with Crippen LogP contribution in [0.2, 0.25) is 0 Å². The molecule has 3 rings (SSSR count). The maximum atomic E-state index is 12.2. The summed E-state index contributed by atoms with van der Waals surface area (Å²) in [6.07, 6.45) is 0. The molecule has 132 valence electrons. The Hall–Kier alpha value is -3.41. The van der Waals surface area contributed by atoms with Crippen molar-refractivity contribution in [1.29, 1.82) is 0 Å². The molecule has 1 amide bonds. The molecular weight excluding hydrogens is 328 g/mol. The van der Waals surface area contributed by atoms with E-state index in [2.05, 4.69) is 27.6 Å². The van der Waals surface area contributed by atoms with Gasteiger partial charge >= 0.3 is 0 Å². The lowest BCUT2D eigenvalue weighted by atomic mass is 10.2. The summed E-state index contributed by atoms with van der Waals surface area (Å²) in [4.78, 5) is 14.2. The second-order valence-corrected chi connectivity index (χ2v) is 5.80. The number of hydrogen-bond donors (Lipinski definition) is 1. The normalized spacial score (nSPS) is 10.2. The number of carbonyl (C=O) groups is 1. The number of rotatable bonds is 6. The molecule has 0 radical (unpaired) electrons. The molecule has 0 aliphatic carbocycles. The number of methoxy groups -OCH3 is 1. The molecule has 0 spiro atoms. The third kappa shape index (κ3) is 4.36. The highest BCUT2D eigenvalue weighted by Crippen LogP contribution is 2.15. The van der Waals surface area contributed by atoms with Crippen molar-refractivity contribution in [3.63, 3.8) is 0 Å². The Morgan fingerprint density at radius 3 is 2.35 bits per heavy atom. The molecular formula is C20H20N4O2. The predicted molar refractivity (Wildman–Crippen MR) is 102 cm³/mol. The Balaban J connectivity index is 1.62. The highest BCUT2D eigenvalue weighted by atomic mass is 16.5. The molecule has 0 aliphatic heterocycles. The molecule has 1 N–H and O–H groups in total. The van der Waals surface area contributed by atoms with Crippen LogP contribution in [0.3, 0.4) is 0 Å². The lowest BCUT2D eigenvalue weighted by Gasteiger charge is -2.17. The predicted octanol–water partition coefficient (Wildman–Crippen LogP) is 3.37. The lowest BCUT2D eigenvalue weighted by molar-refractivity contribution is 0.102. The van der Waals surface area contributed by atoms with Crippen LogP contribution in [0.15, 0.2) is 66.7 Å². The minimum Gasteiger partial charge on any atom is -0.497 e. The fourth-order valence-corrected chi connectivity index (χ4v) is 2.46. The molecule has 0 aliphatic rings. The zero-order valence-electron chi connectivity index (χ0n) is 14.7. The van der Waals surface area contributed by atoms with Gasteiger partial charge in [-0.25, -0.2) is 0 Å². The van der Waals surface area contributed by atoms with Crippen molar-refractivity contribution in [3.8, 4) is 5.75 Å². The third-order valence-corrected chi connectivity index (χ3v) is 3.90. The van der Waals surface area contributed by atoms with Gasteiger partial charge in [0, 0.05) is 19.2 Å². The summed E-state index contributed by atoms with van der Waals surface area (Å²) in [7, 11) is 3.54. The number of carbonyl (C=O) groups excluding carboxylic acids is 1. The first kappa shape index (κ1) is 17.4. The van der Waals surface area contributed by atoms with Gasteiger partial charge in [0.15, 0.2) is 11.6 Å². The number of hydrogen-bond acceptors (Lipinski definition) is 5. The van der Waals surface area contributed by atoms with E-state index in [1.165, 1.54) is 5.56 Å². The highest BCUT2D eigenvalue weighted by molar-refractivity contribution is 6.03. The summed E-state index contributed by atoms with van der Waals surface area (Å²) < 4.78 is 5.09. The van der Waals surface area contributed by atoms with Gasteiger partial charge in [0.1, 0.15) is 5.75 Å². The van der Waals surface area contributed by atoms with E-state index in [9.17, 15) is 4.79 Å². The molecule has 1 heterocycles. The van der Waals surface area contributed by atoms with Gasteiger partial charge in [0.2, 0.25) is 0 Å². The van der Waals surface area contributed by atoms with Gasteiger partial charge < -0.3 is 15.0 Å². The maximum absolute atomic E-state index is 12.2. The Bertz CT molecular complexity index is 849. The van der Waals surface area contributed by atoms with Crippen molar-refractivity contribution in [2.45, 2.75) is 6.54 Å². The van der Waals surface area contributed by atoms with Crippen LogP contribution < -0.4 is 15.0 Å². The SMILES string of the molecule is COc1ccc(C(=O)Nc2ccc(N(C)Cc3ccccc3)nn2)cc1. The van der Waals surface area contributed by atoms with E-state index < -0.39 is 0 Å². The van der Waals surface area contributed by atoms with Crippen LogP contribution in [0, 0.1) is 0 Å². The number of amides is 1. The molecule has 0 fully saturated rings. The van der Waals surface area contributed by atoms with E-state index in [4.69, 9.17) is 4.74 Å². The molecule has 3 aromatic rings. The van der Waals surface area contributed by atoms with Gasteiger partial charge in [-0.3, -0.25) is 4.79 Å². The van der Waals surface area contributed by atoms with E-state index in [0.29, 0.717) is 17.1 Å². The van der Waals surface area contributed by atoms with Crippen LogP contribution in [-0.2, 0) is 6.54 Å². The quantitative estimate of drug-likeness (QED) is 0.740. The molecule has 6 heteroatoms. The van der Waals surface area contributed by atoms with E-state index in [0.717, 1.165) is 12.4 Å². The van der Waals surface area contributed by atoms with Crippen molar-refractivity contribution in [2.24, 2.45) is 0 Å². The van der Waals surface area contributed by atoms with Crippen molar-refractivity contribution in [3.05, 3.63) is 77.9 Å². The molecule has 6 nitrogen and oxygen atoms in total. The van der Waals surface area contributed by atoms with Crippen molar-refractivity contribution in [2.75, 3.05) is 24.4 Å². The molecule has 0 atom stereocenters. The van der Waals surface area contributed by atoms with Gasteiger partial charge in [0.05, 0.1) is 7.11 Å². The Kier molecular flexibility index (Phi) is 5.43. The monoisotopic (exact) mass is 348 g/mol. The first-order valence-corrected chi connectivity index (χ1v) is 8.20. The van der Waals surface area contributed by atoms with Gasteiger partial charge in [0.25, 0.3) is 5.91 Å². The number of anilines is 2. The van der Waals surface area contributed by atoms with E-state index in [1.807, 2.05) is 36.2 Å². The summed E-state index contributed by atoms with van der Waals surface area (Å²) in [5.74, 6) is 1.60. The largest absolute Gasteiger partial charge is 0.497 e. The number of nitrogens with one attached hydrogen (secondary N) is 1. The van der Waals surface area contributed by atoms with Crippen molar-refractivity contribution < 1.29 is 9.53 Å². The van der Waals surface area contributed by atoms with Crippen molar-refractivity contribution >= 4 is 17.5 Å². The number of aromatic nitrogens is 2. The summed E-state index contributed by atoms with van der Waals surface area (Å²) >= 11 is 0. The van der Waals surface area contributed by atoms with Gasteiger partial charge in [-0.15, -0.1) is 10.2 Å². The van der Waals surface area contributed by atoms with E-state index in [1.54, 1.807) is 37.4 Å². The van der Waals surface area contributed by atoms with Crippen LogP contribution in [0.5, 0.6) is 5.75 Å². The number of ether oxygens (including phenoxy) is 1. The van der Waals surface area contributed by atoms with Gasteiger partial charge in [-0.05, 0) is 42.0 Å². The van der Waals surface area contributed by atoms with Crippen LogP contribution >= 0.6 is 0 Å². The van der Waals surface area contributed by atoms with E-state index in [-0.39, 0.29) is 5.91 Å². The summed E-state index contributed by atoms with van der Waals surface area (Å²) in [6, 6.07) is 20.6. The van der Waals surface area contributed by atoms with Crippen LogP contribution in [0.4, 0.5) is 11.6 Å². The average Bonchev–Trinajstić information content (AvgIpc) is 2.69. The number of nitrogens with zero attached hydrogens (tertiary/aromatic N) is 3. The van der Waals surface area contributed by atoms with Crippen LogP contribution in [0.25, 0.3) is 0 Å².